The summed E-state index contributed by atoms with van der Waals surface area (Å²) < 4.78 is 22.8. The van der Waals surface area contributed by atoms with Crippen LogP contribution in [0.5, 0.6) is 11.5 Å². The second-order valence-electron chi connectivity index (χ2n) is 12.8. The summed E-state index contributed by atoms with van der Waals surface area (Å²) in [6.07, 6.45) is -5.98. The normalized spacial score (nSPS) is 31.0. The largest absolute Gasteiger partial charge is 0.462 e. The Balaban J connectivity index is 0.000000195. The van der Waals surface area contributed by atoms with Crippen molar-refractivity contribution >= 4 is 47.2 Å². The van der Waals surface area contributed by atoms with E-state index in [1.807, 2.05) is 25.1 Å². The van der Waals surface area contributed by atoms with Gasteiger partial charge in [-0.05, 0) is 55.8 Å². The van der Waals surface area contributed by atoms with Crippen molar-refractivity contribution in [2.45, 2.75) is 116 Å². The number of ether oxygens (including phenoxy) is 4. The summed E-state index contributed by atoms with van der Waals surface area (Å²) in [4.78, 5) is 53.0. The van der Waals surface area contributed by atoms with Gasteiger partial charge in [0.2, 0.25) is 18.5 Å². The Labute approximate surface area is 314 Å². The van der Waals surface area contributed by atoms with E-state index in [1.54, 1.807) is 39.1 Å². The average Bonchev–Trinajstić information content (AvgIpc) is 3.44. The minimum absolute atomic E-state index is 0.0381. The van der Waals surface area contributed by atoms with E-state index in [0.29, 0.717) is 27.0 Å². The number of hydroxylamine groups is 2. The van der Waals surface area contributed by atoms with Crippen molar-refractivity contribution in [2.24, 2.45) is 5.73 Å². The first kappa shape index (κ1) is 40.7. The van der Waals surface area contributed by atoms with Gasteiger partial charge in [-0.3, -0.25) is 14.4 Å². The molecule has 3 saturated heterocycles. The standard InChI is InChI=1S/C18H19NO8S.C15H19NO5S.C2H7N/c1-8-15(23)16(24)17-18(25-8)26-10-3-2-9(6-11(10)28-17)7-14(22)27-19-12(20)4-5-13(19)21;1-7-12(18)13(19)14-15(20-7)21-9-4-3-8(5-10(9)22-14)6-11(17)16-2;1-2-3/h2-3,6,8,15-18,23-24H,4-5,7H2,1H3;3-5,7,12-15,18-19H,6H2,1-2H3,(H,16,17);2-3H2,1H3/t;7-,12+,13?,14-,15?;/m.0./s1. The zero-order valence-electron chi connectivity index (χ0n) is 29.6. The molecular weight excluding hydrogens is 735 g/mol. The number of benzene rings is 2. The van der Waals surface area contributed by atoms with Crippen LogP contribution in [-0.2, 0) is 46.3 Å². The van der Waals surface area contributed by atoms with Gasteiger partial charge in [0.1, 0.15) is 46.4 Å². The van der Waals surface area contributed by atoms with E-state index in [4.69, 9.17) is 29.5 Å². The number of rotatable bonds is 5. The number of aliphatic hydroxyl groups excluding tert-OH is 4. The smallest absolute Gasteiger partial charge is 0.337 e. The first-order valence-corrected chi connectivity index (χ1v) is 18.9. The Hall–Kier alpha value is -3.46. The minimum Gasteiger partial charge on any atom is -0.462 e. The lowest BCUT2D eigenvalue weighted by molar-refractivity contribution is -0.214. The molecule has 53 heavy (non-hydrogen) atoms. The van der Waals surface area contributed by atoms with Crippen LogP contribution in [0.3, 0.4) is 0 Å². The highest BCUT2D eigenvalue weighted by Crippen LogP contribution is 2.46. The fraction of sp³-hybridized carbons (Fsp3) is 0.543. The van der Waals surface area contributed by atoms with Crippen LogP contribution in [0, 0.1) is 0 Å². The second-order valence-corrected chi connectivity index (χ2v) is 15.3. The van der Waals surface area contributed by atoms with Crippen LogP contribution in [-0.4, -0.2) is 122 Å². The molecule has 2 aromatic carbocycles. The average molecular weight is 780 g/mol. The zero-order chi connectivity index (χ0) is 38.6. The van der Waals surface area contributed by atoms with E-state index in [9.17, 15) is 39.6 Å². The maximum Gasteiger partial charge on any atom is 0.337 e. The molecule has 5 aliphatic heterocycles. The number of thioether (sulfide) groups is 2. The molecule has 0 aliphatic carbocycles. The van der Waals surface area contributed by atoms with Crippen molar-refractivity contribution in [3.05, 3.63) is 47.5 Å². The van der Waals surface area contributed by atoms with Crippen LogP contribution in [0.4, 0.5) is 0 Å². The summed E-state index contributed by atoms with van der Waals surface area (Å²) in [6.45, 7) is 6.03. The fourth-order valence-corrected chi connectivity index (χ4v) is 8.48. The molecule has 2 aromatic rings. The number of carbonyl (C=O) groups excluding carboxylic acids is 4. The Bertz CT molecular complexity index is 1650. The molecule has 0 radical (unpaired) electrons. The zero-order valence-corrected chi connectivity index (χ0v) is 31.2. The Morgan fingerprint density at radius 3 is 1.68 bits per heavy atom. The third kappa shape index (κ3) is 9.44. The molecule has 0 bridgehead atoms. The number of imide groups is 1. The monoisotopic (exact) mass is 779 g/mol. The fourth-order valence-electron chi connectivity index (χ4n) is 5.92. The second kappa shape index (κ2) is 17.8. The molecule has 3 amide bonds. The SMILES string of the molecule is CC1OC2Oc3ccc(CC(=O)ON4C(=O)CCC4=O)cc3SC2C(O)C1O.CCN.CNC(=O)Cc1ccc2c(c1)S[C@@H]1C(O2)O[C@@H](C)[C@@H](O)C1O. The number of nitrogens with two attached hydrogens (primary N) is 1. The van der Waals surface area contributed by atoms with E-state index >= 15 is 0 Å². The molecule has 5 aliphatic rings. The van der Waals surface area contributed by atoms with Gasteiger partial charge < -0.3 is 55.3 Å². The van der Waals surface area contributed by atoms with Gasteiger partial charge in [0.05, 0.1) is 34.8 Å². The van der Waals surface area contributed by atoms with Crippen molar-refractivity contribution in [3.8, 4) is 11.5 Å². The van der Waals surface area contributed by atoms with Gasteiger partial charge in [-0.1, -0.05) is 19.1 Å². The number of nitrogens with zero attached hydrogens (tertiary/aromatic N) is 1. The number of amides is 3. The van der Waals surface area contributed by atoms with Crippen LogP contribution in [0.15, 0.2) is 46.2 Å². The molecule has 0 aromatic heterocycles. The highest BCUT2D eigenvalue weighted by molar-refractivity contribution is 8.00. The third-order valence-electron chi connectivity index (χ3n) is 8.79. The topological polar surface area (TPSA) is 237 Å². The summed E-state index contributed by atoms with van der Waals surface area (Å²) in [7, 11) is 1.60. The van der Waals surface area contributed by atoms with Crippen molar-refractivity contribution < 1.29 is 63.4 Å². The van der Waals surface area contributed by atoms with E-state index in [2.05, 4.69) is 5.32 Å². The molecule has 0 spiro atoms. The highest BCUT2D eigenvalue weighted by Gasteiger charge is 2.48. The van der Waals surface area contributed by atoms with Crippen molar-refractivity contribution in [1.82, 2.24) is 10.4 Å². The Morgan fingerprint density at radius 2 is 1.25 bits per heavy atom. The number of carbonyl (C=O) groups is 4. The number of fused-ring (bicyclic) bond motifs is 4. The molecule has 7 rings (SSSR count). The molecule has 0 saturated carbocycles. The van der Waals surface area contributed by atoms with Gasteiger partial charge in [-0.25, -0.2) is 4.79 Å². The summed E-state index contributed by atoms with van der Waals surface area (Å²) in [5.74, 6) is -0.638. The van der Waals surface area contributed by atoms with Crippen molar-refractivity contribution in [1.29, 1.82) is 0 Å². The van der Waals surface area contributed by atoms with Gasteiger partial charge in [0, 0.05) is 19.9 Å². The van der Waals surface area contributed by atoms with E-state index in [0.717, 1.165) is 17.0 Å². The molecule has 7 unspecified atom stereocenters. The Kier molecular flexibility index (Phi) is 13.7. The number of nitrogens with one attached hydrogen (secondary N) is 1. The number of hydrogen-bond acceptors (Lipinski definition) is 16. The molecule has 5 heterocycles. The molecular formula is C35H45N3O13S2. The molecule has 18 heteroatoms. The number of hydrogen-bond donors (Lipinski definition) is 6. The highest BCUT2D eigenvalue weighted by atomic mass is 32.2. The summed E-state index contributed by atoms with van der Waals surface area (Å²) in [6, 6.07) is 10.6. The summed E-state index contributed by atoms with van der Waals surface area (Å²) in [5.41, 5.74) is 6.31. The molecule has 10 atom stereocenters. The Morgan fingerprint density at radius 1 is 0.811 bits per heavy atom. The van der Waals surface area contributed by atoms with Gasteiger partial charge in [-0.2, -0.15) is 0 Å². The van der Waals surface area contributed by atoms with Crippen LogP contribution in [0.25, 0.3) is 0 Å². The van der Waals surface area contributed by atoms with Crippen LogP contribution in [0.2, 0.25) is 0 Å². The molecule has 290 valence electrons. The van der Waals surface area contributed by atoms with Gasteiger partial charge in [0.25, 0.3) is 11.8 Å². The van der Waals surface area contributed by atoms with Crippen LogP contribution < -0.4 is 20.5 Å². The molecule has 3 fully saturated rings. The van der Waals surface area contributed by atoms with Gasteiger partial charge in [-0.15, -0.1) is 28.6 Å². The lowest BCUT2D eigenvalue weighted by atomic mass is 10.0. The summed E-state index contributed by atoms with van der Waals surface area (Å²) >= 11 is 2.71. The van der Waals surface area contributed by atoms with Gasteiger partial charge in [0.15, 0.2) is 0 Å². The van der Waals surface area contributed by atoms with Crippen molar-refractivity contribution in [2.75, 3.05) is 13.6 Å². The van der Waals surface area contributed by atoms with E-state index in [-0.39, 0.29) is 31.6 Å². The first-order chi connectivity index (χ1) is 25.2. The number of aliphatic hydroxyl groups is 4. The minimum atomic E-state index is -1.02. The lowest BCUT2D eigenvalue weighted by Crippen LogP contribution is -2.57. The predicted octanol–water partition coefficient (Wildman–Crippen LogP) is 0.416. The molecule has 7 N–H and O–H groups in total. The van der Waals surface area contributed by atoms with E-state index < -0.39 is 77.5 Å². The van der Waals surface area contributed by atoms with Crippen molar-refractivity contribution in [3.63, 3.8) is 0 Å². The summed E-state index contributed by atoms with van der Waals surface area (Å²) in [5, 5.41) is 42.7. The third-order valence-corrected chi connectivity index (χ3v) is 11.5. The van der Waals surface area contributed by atoms with Crippen LogP contribution >= 0.6 is 23.5 Å². The number of likely N-dealkylation sites (N-methyl/N-ethyl adjacent to an activating group) is 1. The quantitative estimate of drug-likeness (QED) is 0.226. The van der Waals surface area contributed by atoms with E-state index in [1.165, 1.54) is 23.5 Å². The molecule has 16 nitrogen and oxygen atoms in total. The predicted molar refractivity (Wildman–Crippen MR) is 190 cm³/mol. The van der Waals surface area contributed by atoms with Crippen LogP contribution in [0.1, 0.15) is 44.7 Å². The first-order valence-electron chi connectivity index (χ1n) is 17.2. The lowest BCUT2D eigenvalue weighted by Gasteiger charge is -2.43. The maximum atomic E-state index is 12.1. The van der Waals surface area contributed by atoms with Gasteiger partial charge >= 0.3 is 5.97 Å². The maximum absolute atomic E-state index is 12.1.